The van der Waals surface area contributed by atoms with Crippen molar-refractivity contribution in [2.24, 2.45) is 0 Å². The van der Waals surface area contributed by atoms with Crippen molar-refractivity contribution in [1.29, 1.82) is 0 Å². The minimum atomic E-state index is -4.31. The summed E-state index contributed by atoms with van der Waals surface area (Å²) >= 11 is 0. The van der Waals surface area contributed by atoms with Crippen molar-refractivity contribution in [2.45, 2.75) is 142 Å². The number of unbranched alkanes of at least 4 members (excludes halogenated alkanes) is 15. The second-order valence-corrected chi connectivity index (χ2v) is 13.6. The van der Waals surface area contributed by atoms with E-state index in [1.54, 1.807) is 6.08 Å². The van der Waals surface area contributed by atoms with Crippen LogP contribution in [0.25, 0.3) is 0 Å². The highest BCUT2D eigenvalue weighted by molar-refractivity contribution is 7.47. The van der Waals surface area contributed by atoms with Gasteiger partial charge in [0.15, 0.2) is 0 Å². The van der Waals surface area contributed by atoms with Gasteiger partial charge in [0, 0.05) is 6.42 Å². The molecule has 0 heterocycles. The quantitative estimate of drug-likeness (QED) is 0.0382. The maximum Gasteiger partial charge on any atom is 0.472 e. The molecule has 0 saturated carbocycles. The second kappa shape index (κ2) is 24.8. The first-order valence-corrected chi connectivity index (χ1v) is 17.6. The molecule has 3 N–H and O–H groups in total. The molecule has 0 radical (unpaired) electrons. The minimum absolute atomic E-state index is 0.0633. The first-order valence-electron chi connectivity index (χ1n) is 16.1. The molecular weight excluding hydrogens is 527 g/mol. The number of aliphatic hydroxyl groups excluding tert-OH is 1. The number of aliphatic hydroxyl groups is 1. The Hall–Kier alpha value is -0.760. The standard InChI is InChI=1S/C31H63N2O6P/c1-6-8-10-12-14-16-18-20-22-24-30(34)29(28-39-40(36,37)38-27-26-33(3,4)5)32-31(35)25-23-21-19-17-15-13-11-9-7-2/h22,24,29-30,34H,6-21,23,25-28H2,1-5H3,(H-,32,35,36,37)/p+1/b24-22+. The average Bonchev–Trinajstić information content (AvgIpc) is 2.88. The van der Waals surface area contributed by atoms with Gasteiger partial charge in [-0.1, -0.05) is 116 Å². The summed E-state index contributed by atoms with van der Waals surface area (Å²) in [5.74, 6) is -0.185. The van der Waals surface area contributed by atoms with Gasteiger partial charge in [0.2, 0.25) is 5.91 Å². The number of nitrogens with zero attached hydrogens (tertiary/aromatic N) is 1. The first-order chi connectivity index (χ1) is 19.0. The van der Waals surface area contributed by atoms with Gasteiger partial charge in [-0.05, 0) is 19.3 Å². The van der Waals surface area contributed by atoms with Crippen LogP contribution in [0.2, 0.25) is 0 Å². The van der Waals surface area contributed by atoms with Crippen molar-refractivity contribution in [1.82, 2.24) is 5.32 Å². The summed E-state index contributed by atoms with van der Waals surface area (Å²) < 4.78 is 23.3. The molecule has 0 aromatic rings. The molecular formula is C31H64N2O6P+. The van der Waals surface area contributed by atoms with Crippen LogP contribution in [0, 0.1) is 0 Å². The molecule has 0 rings (SSSR count). The lowest BCUT2D eigenvalue weighted by Gasteiger charge is -2.25. The number of phosphoric ester groups is 1. The molecule has 238 valence electrons. The van der Waals surface area contributed by atoms with Crippen molar-refractivity contribution in [3.05, 3.63) is 12.2 Å². The lowest BCUT2D eigenvalue weighted by molar-refractivity contribution is -0.870. The first kappa shape index (κ1) is 39.2. The monoisotopic (exact) mass is 591 g/mol. The van der Waals surface area contributed by atoms with Crippen LogP contribution in [0.4, 0.5) is 0 Å². The van der Waals surface area contributed by atoms with Gasteiger partial charge in [-0.2, -0.15) is 0 Å². The van der Waals surface area contributed by atoms with Crippen molar-refractivity contribution in [3.8, 4) is 0 Å². The van der Waals surface area contributed by atoms with E-state index in [0.717, 1.165) is 38.5 Å². The van der Waals surface area contributed by atoms with Crippen LogP contribution < -0.4 is 5.32 Å². The SMILES string of the molecule is CCCCCCCCC/C=C/C(O)C(COP(=O)(O)OCC[N+](C)(C)C)NC(=O)CCCCCCCCCCC. The maximum absolute atomic E-state index is 12.6. The van der Waals surface area contributed by atoms with Crippen molar-refractivity contribution in [3.63, 3.8) is 0 Å². The Bertz CT molecular complexity index is 683. The van der Waals surface area contributed by atoms with Crippen molar-refractivity contribution in [2.75, 3.05) is 40.9 Å². The summed E-state index contributed by atoms with van der Waals surface area (Å²) in [4.78, 5) is 22.7. The van der Waals surface area contributed by atoms with Gasteiger partial charge in [-0.15, -0.1) is 0 Å². The van der Waals surface area contributed by atoms with Crippen LogP contribution in [0.1, 0.15) is 129 Å². The van der Waals surface area contributed by atoms with Crippen LogP contribution in [0.15, 0.2) is 12.2 Å². The van der Waals surface area contributed by atoms with E-state index in [1.807, 2.05) is 27.2 Å². The fourth-order valence-corrected chi connectivity index (χ4v) is 5.07. The summed E-state index contributed by atoms with van der Waals surface area (Å²) in [6.07, 6.45) is 22.8. The molecule has 9 heteroatoms. The average molecular weight is 592 g/mol. The van der Waals surface area contributed by atoms with Crippen LogP contribution in [0.3, 0.4) is 0 Å². The van der Waals surface area contributed by atoms with Crippen LogP contribution in [-0.4, -0.2) is 73.4 Å². The molecule has 0 fully saturated rings. The Morgan fingerprint density at radius 1 is 0.825 bits per heavy atom. The van der Waals surface area contributed by atoms with Crippen LogP contribution >= 0.6 is 7.82 Å². The highest BCUT2D eigenvalue weighted by atomic mass is 31.2. The minimum Gasteiger partial charge on any atom is -0.387 e. The lowest BCUT2D eigenvalue weighted by atomic mass is 10.1. The number of carbonyl (C=O) groups excluding carboxylic acids is 1. The molecule has 0 aliphatic heterocycles. The highest BCUT2D eigenvalue weighted by Gasteiger charge is 2.27. The number of likely N-dealkylation sites (N-methyl/N-ethyl adjacent to an activating group) is 1. The summed E-state index contributed by atoms with van der Waals surface area (Å²) in [6, 6.07) is -0.834. The molecule has 0 saturated heterocycles. The van der Waals surface area contributed by atoms with Gasteiger partial charge >= 0.3 is 7.82 Å². The zero-order valence-corrected chi connectivity index (χ0v) is 27.5. The third-order valence-corrected chi connectivity index (χ3v) is 7.99. The van der Waals surface area contributed by atoms with Gasteiger partial charge < -0.3 is 19.8 Å². The number of hydrogen-bond acceptors (Lipinski definition) is 5. The Morgan fingerprint density at radius 2 is 1.32 bits per heavy atom. The summed E-state index contributed by atoms with van der Waals surface area (Å²) in [5, 5.41) is 13.6. The predicted molar refractivity (Wildman–Crippen MR) is 166 cm³/mol. The predicted octanol–water partition coefficient (Wildman–Crippen LogP) is 7.29. The number of rotatable bonds is 28. The Morgan fingerprint density at radius 3 is 1.85 bits per heavy atom. The smallest absolute Gasteiger partial charge is 0.387 e. The van der Waals surface area contributed by atoms with Gasteiger partial charge in [0.1, 0.15) is 13.2 Å². The third-order valence-electron chi connectivity index (χ3n) is 7.01. The van der Waals surface area contributed by atoms with E-state index in [9.17, 15) is 19.4 Å². The molecule has 0 aliphatic rings. The number of allylic oxidation sites excluding steroid dienone is 1. The molecule has 0 aromatic heterocycles. The highest BCUT2D eigenvalue weighted by Crippen LogP contribution is 2.43. The van der Waals surface area contributed by atoms with E-state index in [1.165, 1.54) is 70.6 Å². The molecule has 0 bridgehead atoms. The second-order valence-electron chi connectivity index (χ2n) is 12.2. The number of quaternary nitrogens is 1. The zero-order valence-electron chi connectivity index (χ0n) is 26.6. The number of nitrogens with one attached hydrogen (secondary N) is 1. The fourth-order valence-electron chi connectivity index (χ4n) is 4.33. The normalized spacial score (nSPS) is 15.3. The van der Waals surface area contributed by atoms with E-state index in [-0.39, 0.29) is 19.1 Å². The van der Waals surface area contributed by atoms with E-state index >= 15 is 0 Å². The van der Waals surface area contributed by atoms with Crippen LogP contribution in [0.5, 0.6) is 0 Å². The van der Waals surface area contributed by atoms with Gasteiger partial charge in [-0.25, -0.2) is 4.57 Å². The Balaban J connectivity index is 4.67. The fraction of sp³-hybridized carbons (Fsp3) is 0.903. The molecule has 0 aliphatic carbocycles. The molecule has 3 atom stereocenters. The molecule has 0 aromatic carbocycles. The number of carbonyl (C=O) groups is 1. The zero-order chi connectivity index (χ0) is 30.1. The van der Waals surface area contributed by atoms with Gasteiger partial charge in [-0.3, -0.25) is 13.8 Å². The van der Waals surface area contributed by atoms with E-state index in [2.05, 4.69) is 19.2 Å². The Labute approximate surface area is 246 Å². The van der Waals surface area contributed by atoms with Gasteiger partial charge in [0.05, 0.1) is 39.9 Å². The van der Waals surface area contributed by atoms with E-state index in [0.29, 0.717) is 17.4 Å². The molecule has 1 amide bonds. The van der Waals surface area contributed by atoms with Crippen LogP contribution in [-0.2, 0) is 18.4 Å². The molecule has 40 heavy (non-hydrogen) atoms. The molecule has 3 unspecified atom stereocenters. The summed E-state index contributed by atoms with van der Waals surface area (Å²) in [6.45, 7) is 4.72. The maximum atomic E-state index is 12.6. The molecule has 0 spiro atoms. The van der Waals surface area contributed by atoms with Crippen molar-refractivity contribution >= 4 is 13.7 Å². The Kier molecular flexibility index (Phi) is 24.3. The van der Waals surface area contributed by atoms with Gasteiger partial charge in [0.25, 0.3) is 0 Å². The lowest BCUT2D eigenvalue weighted by Crippen LogP contribution is -2.45. The summed E-state index contributed by atoms with van der Waals surface area (Å²) in [5.41, 5.74) is 0. The topological polar surface area (TPSA) is 105 Å². The number of hydrogen-bond donors (Lipinski definition) is 3. The molecule has 8 nitrogen and oxygen atoms in total. The summed E-state index contributed by atoms with van der Waals surface area (Å²) in [7, 11) is 1.57. The largest absolute Gasteiger partial charge is 0.472 e. The number of amides is 1. The van der Waals surface area contributed by atoms with E-state index < -0.39 is 20.0 Å². The van der Waals surface area contributed by atoms with E-state index in [4.69, 9.17) is 9.05 Å². The van der Waals surface area contributed by atoms with Crippen molar-refractivity contribution < 1.29 is 32.9 Å². The number of phosphoric acid groups is 1. The third kappa shape index (κ3) is 26.2.